The number of carbonyl (C=O) groups is 1. The van der Waals surface area contributed by atoms with Crippen LogP contribution in [0.5, 0.6) is 0 Å². The van der Waals surface area contributed by atoms with E-state index in [1.165, 1.54) is 13.2 Å². The highest BCUT2D eigenvalue weighted by Crippen LogP contribution is 2.34. The van der Waals surface area contributed by atoms with Gasteiger partial charge in [-0.2, -0.15) is 0 Å². The van der Waals surface area contributed by atoms with E-state index in [1.807, 2.05) is 13.8 Å². The second-order valence-electron chi connectivity index (χ2n) is 4.89. The number of halogens is 2. The van der Waals surface area contributed by atoms with Crippen molar-refractivity contribution in [2.75, 3.05) is 12.4 Å². The third kappa shape index (κ3) is 4.75. The van der Waals surface area contributed by atoms with Crippen molar-refractivity contribution >= 4 is 40.5 Å². The minimum atomic E-state index is -0.703. The molecule has 0 fully saturated rings. The maximum atomic E-state index is 11.8. The molecule has 1 atom stereocenters. The molecule has 1 N–H and O–H groups in total. The van der Waals surface area contributed by atoms with Crippen LogP contribution in [0.15, 0.2) is 12.1 Å². The summed E-state index contributed by atoms with van der Waals surface area (Å²) < 4.78 is 4.71. The first-order chi connectivity index (χ1) is 9.76. The van der Waals surface area contributed by atoms with Crippen LogP contribution in [0, 0.1) is 16.0 Å². The Hall–Kier alpha value is -1.53. The highest BCUT2D eigenvalue weighted by molar-refractivity contribution is 6.42. The number of nitro benzene ring substituents is 1. The third-order valence-corrected chi connectivity index (χ3v) is 3.48. The van der Waals surface area contributed by atoms with E-state index < -0.39 is 16.9 Å². The van der Waals surface area contributed by atoms with Crippen LogP contribution in [0.1, 0.15) is 20.3 Å². The van der Waals surface area contributed by atoms with Gasteiger partial charge in [0.2, 0.25) is 0 Å². The first-order valence-corrected chi connectivity index (χ1v) is 6.99. The molecule has 1 aromatic rings. The second-order valence-corrected chi connectivity index (χ2v) is 5.70. The molecule has 8 heteroatoms. The molecule has 0 saturated heterocycles. The van der Waals surface area contributed by atoms with E-state index in [-0.39, 0.29) is 27.3 Å². The van der Waals surface area contributed by atoms with Crippen LogP contribution < -0.4 is 5.32 Å². The number of nitrogens with one attached hydrogen (secondary N) is 1. The Morgan fingerprint density at radius 1 is 1.38 bits per heavy atom. The molecule has 0 bridgehead atoms. The summed E-state index contributed by atoms with van der Waals surface area (Å²) in [6.45, 7) is 3.86. The van der Waals surface area contributed by atoms with Crippen LogP contribution >= 0.6 is 23.2 Å². The molecule has 0 saturated carbocycles. The van der Waals surface area contributed by atoms with Crippen LogP contribution in [0.4, 0.5) is 11.4 Å². The molecule has 1 rings (SSSR count). The van der Waals surface area contributed by atoms with Gasteiger partial charge in [0.15, 0.2) is 0 Å². The zero-order valence-corrected chi connectivity index (χ0v) is 13.4. The summed E-state index contributed by atoms with van der Waals surface area (Å²) >= 11 is 11.7. The van der Waals surface area contributed by atoms with Gasteiger partial charge in [-0.25, -0.2) is 4.79 Å². The summed E-state index contributed by atoms with van der Waals surface area (Å²) in [5, 5.41) is 14.1. The summed E-state index contributed by atoms with van der Waals surface area (Å²) in [4.78, 5) is 22.3. The summed E-state index contributed by atoms with van der Waals surface area (Å²) in [5.41, 5.74) is -0.118. The number of rotatable bonds is 6. The van der Waals surface area contributed by atoms with Gasteiger partial charge in [0.1, 0.15) is 11.7 Å². The number of carbonyl (C=O) groups excluding carboxylic acids is 1. The number of esters is 1. The fraction of sp³-hybridized carbons (Fsp3) is 0.462. The van der Waals surface area contributed by atoms with Crippen molar-refractivity contribution in [3.8, 4) is 0 Å². The Balaban J connectivity index is 3.15. The second kappa shape index (κ2) is 7.47. The van der Waals surface area contributed by atoms with Gasteiger partial charge in [0.05, 0.1) is 22.1 Å². The maximum absolute atomic E-state index is 11.8. The van der Waals surface area contributed by atoms with Crippen molar-refractivity contribution in [1.82, 2.24) is 0 Å². The lowest BCUT2D eigenvalue weighted by Gasteiger charge is -2.19. The first kappa shape index (κ1) is 17.5. The lowest BCUT2D eigenvalue weighted by molar-refractivity contribution is -0.384. The molecule has 0 aliphatic heterocycles. The highest BCUT2D eigenvalue weighted by Gasteiger charge is 2.25. The highest BCUT2D eigenvalue weighted by atomic mass is 35.5. The van der Waals surface area contributed by atoms with E-state index in [1.54, 1.807) is 0 Å². The standard InChI is InChI=1S/C13H16Cl2N2O4/c1-7(2)4-11(13(18)21-3)16-10-5-8(14)9(15)6-12(10)17(19)20/h5-7,11,16H,4H2,1-3H3. The lowest BCUT2D eigenvalue weighted by Crippen LogP contribution is -2.32. The Labute approximate surface area is 132 Å². The normalized spacial score (nSPS) is 12.1. The monoisotopic (exact) mass is 334 g/mol. The van der Waals surface area contributed by atoms with E-state index in [2.05, 4.69) is 5.32 Å². The van der Waals surface area contributed by atoms with Crippen molar-refractivity contribution in [2.45, 2.75) is 26.3 Å². The number of methoxy groups -OCH3 is 1. The van der Waals surface area contributed by atoms with Crippen LogP contribution in [0.3, 0.4) is 0 Å². The van der Waals surface area contributed by atoms with Gasteiger partial charge in [-0.05, 0) is 18.4 Å². The number of ether oxygens (including phenoxy) is 1. The average Bonchev–Trinajstić information content (AvgIpc) is 2.40. The topological polar surface area (TPSA) is 81.5 Å². The van der Waals surface area contributed by atoms with Crippen LogP contribution in [0.25, 0.3) is 0 Å². The molecule has 1 aromatic carbocycles. The fourth-order valence-electron chi connectivity index (χ4n) is 1.82. The van der Waals surface area contributed by atoms with E-state index in [0.717, 1.165) is 6.07 Å². The van der Waals surface area contributed by atoms with Crippen molar-refractivity contribution in [1.29, 1.82) is 0 Å². The summed E-state index contributed by atoms with van der Waals surface area (Å²) in [6.07, 6.45) is 0.462. The molecule has 21 heavy (non-hydrogen) atoms. The summed E-state index contributed by atoms with van der Waals surface area (Å²) in [5.74, 6) is -0.299. The minimum Gasteiger partial charge on any atom is -0.467 e. The smallest absolute Gasteiger partial charge is 0.328 e. The fourth-order valence-corrected chi connectivity index (χ4v) is 2.14. The number of nitrogens with zero attached hydrogens (tertiary/aromatic N) is 1. The Morgan fingerprint density at radius 3 is 2.43 bits per heavy atom. The number of hydrogen-bond donors (Lipinski definition) is 1. The summed E-state index contributed by atoms with van der Waals surface area (Å²) in [7, 11) is 1.26. The molecular weight excluding hydrogens is 319 g/mol. The van der Waals surface area contributed by atoms with E-state index >= 15 is 0 Å². The average molecular weight is 335 g/mol. The number of anilines is 1. The maximum Gasteiger partial charge on any atom is 0.328 e. The van der Waals surface area contributed by atoms with Gasteiger partial charge in [-0.15, -0.1) is 0 Å². The van der Waals surface area contributed by atoms with Crippen molar-refractivity contribution in [3.63, 3.8) is 0 Å². The Kier molecular flexibility index (Phi) is 6.23. The van der Waals surface area contributed by atoms with Gasteiger partial charge in [-0.3, -0.25) is 10.1 Å². The zero-order chi connectivity index (χ0) is 16.2. The Bertz CT molecular complexity index is 549. The number of benzene rings is 1. The van der Waals surface area contributed by atoms with Crippen molar-refractivity contribution < 1.29 is 14.5 Å². The molecule has 0 spiro atoms. The van der Waals surface area contributed by atoms with Gasteiger partial charge in [-0.1, -0.05) is 37.0 Å². The third-order valence-electron chi connectivity index (χ3n) is 2.76. The minimum absolute atomic E-state index is 0.0763. The van der Waals surface area contributed by atoms with Gasteiger partial charge >= 0.3 is 5.97 Å². The molecule has 0 radical (unpaired) electrons. The summed E-state index contributed by atoms with van der Waals surface area (Å²) in [6, 6.07) is 1.78. The van der Waals surface area contributed by atoms with Crippen molar-refractivity contribution in [3.05, 3.63) is 32.3 Å². The SMILES string of the molecule is COC(=O)C(CC(C)C)Nc1cc(Cl)c(Cl)cc1[N+](=O)[O-]. The van der Waals surface area contributed by atoms with Gasteiger partial charge in [0.25, 0.3) is 5.69 Å². The molecule has 116 valence electrons. The lowest BCUT2D eigenvalue weighted by atomic mass is 10.0. The van der Waals surface area contributed by atoms with Gasteiger partial charge < -0.3 is 10.1 Å². The zero-order valence-electron chi connectivity index (χ0n) is 11.9. The molecular formula is C13H16Cl2N2O4. The molecule has 0 aliphatic rings. The molecule has 0 aliphatic carbocycles. The Morgan fingerprint density at radius 2 is 1.95 bits per heavy atom. The van der Waals surface area contributed by atoms with Crippen LogP contribution in [-0.4, -0.2) is 24.0 Å². The largest absolute Gasteiger partial charge is 0.467 e. The number of nitro groups is 1. The van der Waals surface area contributed by atoms with Crippen LogP contribution in [-0.2, 0) is 9.53 Å². The predicted octanol–water partition coefficient (Wildman–Crippen LogP) is 3.90. The van der Waals surface area contributed by atoms with Gasteiger partial charge in [0, 0.05) is 6.07 Å². The van der Waals surface area contributed by atoms with E-state index in [0.29, 0.717) is 6.42 Å². The van der Waals surface area contributed by atoms with Crippen molar-refractivity contribution in [2.24, 2.45) is 5.92 Å². The number of hydrogen-bond acceptors (Lipinski definition) is 5. The predicted molar refractivity (Wildman–Crippen MR) is 82.0 cm³/mol. The molecule has 0 amide bonds. The molecule has 0 aromatic heterocycles. The molecule has 6 nitrogen and oxygen atoms in total. The first-order valence-electron chi connectivity index (χ1n) is 6.24. The van der Waals surface area contributed by atoms with E-state index in [9.17, 15) is 14.9 Å². The quantitative estimate of drug-likeness (QED) is 0.484. The van der Waals surface area contributed by atoms with Crippen LogP contribution in [0.2, 0.25) is 10.0 Å². The molecule has 0 heterocycles. The molecule has 1 unspecified atom stereocenters. The van der Waals surface area contributed by atoms with E-state index in [4.69, 9.17) is 27.9 Å².